The van der Waals surface area contributed by atoms with Gasteiger partial charge in [-0.2, -0.15) is 4.98 Å². The Morgan fingerprint density at radius 1 is 1.26 bits per heavy atom. The van der Waals surface area contributed by atoms with Gasteiger partial charge in [0.25, 0.3) is 0 Å². The summed E-state index contributed by atoms with van der Waals surface area (Å²) in [6.07, 6.45) is 3.61. The van der Waals surface area contributed by atoms with Gasteiger partial charge in [-0.1, -0.05) is 6.92 Å². The molecule has 1 aliphatic heterocycles. The van der Waals surface area contributed by atoms with E-state index < -0.39 is 0 Å². The van der Waals surface area contributed by atoms with Crippen LogP contribution in [0.5, 0.6) is 0 Å². The summed E-state index contributed by atoms with van der Waals surface area (Å²) in [7, 11) is 0. The van der Waals surface area contributed by atoms with Crippen molar-refractivity contribution >= 4 is 33.3 Å². The van der Waals surface area contributed by atoms with Crippen LogP contribution in [0.15, 0.2) is 6.07 Å². The first kappa shape index (κ1) is 12.7. The second-order valence-electron chi connectivity index (χ2n) is 4.88. The Labute approximate surface area is 117 Å². The van der Waals surface area contributed by atoms with E-state index in [1.165, 1.54) is 23.1 Å². The van der Waals surface area contributed by atoms with Gasteiger partial charge in [0, 0.05) is 24.5 Å². The van der Waals surface area contributed by atoms with Gasteiger partial charge in [0.1, 0.15) is 10.6 Å². The summed E-state index contributed by atoms with van der Waals surface area (Å²) in [6, 6.07) is 2.27. The highest BCUT2D eigenvalue weighted by molar-refractivity contribution is 7.18. The number of nitrogens with one attached hydrogen (secondary N) is 1. The molecule has 1 fully saturated rings. The third kappa shape index (κ3) is 2.39. The van der Waals surface area contributed by atoms with Crippen molar-refractivity contribution in [3.05, 3.63) is 10.9 Å². The van der Waals surface area contributed by atoms with Crippen LogP contribution in [0.1, 0.15) is 31.6 Å². The number of fused-ring (bicyclic) bond motifs is 1. The molecule has 1 N–H and O–H groups in total. The van der Waals surface area contributed by atoms with Crippen molar-refractivity contribution in [3.8, 4) is 0 Å². The number of hydrogen-bond donors (Lipinski definition) is 1. The highest BCUT2D eigenvalue weighted by Gasteiger charge is 2.19. The van der Waals surface area contributed by atoms with Gasteiger partial charge in [0.05, 0.1) is 5.39 Å². The van der Waals surface area contributed by atoms with Gasteiger partial charge in [-0.3, -0.25) is 0 Å². The summed E-state index contributed by atoms with van der Waals surface area (Å²) in [4.78, 5) is 14.3. The molecule has 0 spiro atoms. The minimum Gasteiger partial charge on any atom is -0.356 e. The number of hydrogen-bond acceptors (Lipinski definition) is 5. The molecule has 0 amide bonds. The number of nitrogens with zero attached hydrogens (tertiary/aromatic N) is 3. The molecule has 3 heterocycles. The first-order chi connectivity index (χ1) is 9.31. The minimum absolute atomic E-state index is 0.765. The van der Waals surface area contributed by atoms with Gasteiger partial charge < -0.3 is 10.2 Å². The minimum atomic E-state index is 0.765. The molecule has 5 heteroatoms. The predicted molar refractivity (Wildman–Crippen MR) is 82.4 cm³/mol. The Balaban J connectivity index is 2.11. The van der Waals surface area contributed by atoms with Gasteiger partial charge in [-0.05, 0) is 32.3 Å². The number of aryl methyl sites for hydroxylation is 1. The van der Waals surface area contributed by atoms with Crippen LogP contribution in [0.25, 0.3) is 10.2 Å². The molecule has 2 aromatic heterocycles. The van der Waals surface area contributed by atoms with Crippen molar-refractivity contribution in [1.82, 2.24) is 9.97 Å². The Morgan fingerprint density at radius 2 is 2.05 bits per heavy atom. The Kier molecular flexibility index (Phi) is 3.55. The highest BCUT2D eigenvalue weighted by atomic mass is 32.1. The molecule has 0 unspecified atom stereocenters. The second-order valence-corrected chi connectivity index (χ2v) is 6.00. The lowest BCUT2D eigenvalue weighted by molar-refractivity contribution is 0.938. The van der Waals surface area contributed by atoms with Crippen molar-refractivity contribution in [2.45, 2.75) is 33.1 Å². The Hall–Kier alpha value is -1.36. The van der Waals surface area contributed by atoms with Gasteiger partial charge >= 0.3 is 0 Å². The van der Waals surface area contributed by atoms with Crippen molar-refractivity contribution in [3.63, 3.8) is 0 Å². The first-order valence-corrected chi connectivity index (χ1v) is 7.92. The van der Waals surface area contributed by atoms with Gasteiger partial charge in [-0.25, -0.2) is 4.98 Å². The van der Waals surface area contributed by atoms with Crippen LogP contribution in [0, 0.1) is 0 Å². The van der Waals surface area contributed by atoms with Gasteiger partial charge in [0.15, 0.2) is 0 Å². The maximum absolute atomic E-state index is 4.73. The first-order valence-electron chi connectivity index (χ1n) is 7.11. The number of anilines is 2. The van der Waals surface area contributed by atoms with Crippen LogP contribution in [0.3, 0.4) is 0 Å². The molecular weight excluding hydrogens is 256 g/mol. The monoisotopic (exact) mass is 276 g/mol. The standard InChI is InChI=1S/C14H20N4S/c1-3-10-9-11-12(18-7-5-6-8-18)16-14(15-4-2)17-13(11)19-10/h9H,3-8H2,1-2H3,(H,15,16,17). The van der Waals surface area contributed by atoms with Crippen LogP contribution in [-0.4, -0.2) is 29.6 Å². The van der Waals surface area contributed by atoms with Gasteiger partial charge in [-0.15, -0.1) is 11.3 Å². The van der Waals surface area contributed by atoms with E-state index in [-0.39, 0.29) is 0 Å². The lowest BCUT2D eigenvalue weighted by Gasteiger charge is -2.18. The molecule has 4 nitrogen and oxygen atoms in total. The summed E-state index contributed by atoms with van der Waals surface area (Å²) in [6.45, 7) is 7.37. The van der Waals surface area contributed by atoms with Crippen molar-refractivity contribution in [2.24, 2.45) is 0 Å². The van der Waals surface area contributed by atoms with E-state index in [0.29, 0.717) is 0 Å². The van der Waals surface area contributed by atoms with E-state index in [0.717, 1.165) is 42.7 Å². The third-order valence-electron chi connectivity index (χ3n) is 3.51. The molecule has 3 rings (SSSR count). The van der Waals surface area contributed by atoms with Crippen molar-refractivity contribution < 1.29 is 0 Å². The van der Waals surface area contributed by atoms with Crippen molar-refractivity contribution in [2.75, 3.05) is 29.9 Å². The lowest BCUT2D eigenvalue weighted by atomic mass is 10.3. The topological polar surface area (TPSA) is 41.1 Å². The smallest absolute Gasteiger partial charge is 0.226 e. The fourth-order valence-electron chi connectivity index (χ4n) is 2.54. The normalized spacial score (nSPS) is 15.4. The summed E-state index contributed by atoms with van der Waals surface area (Å²) < 4.78 is 0. The SMILES string of the molecule is CCNc1nc(N2CCCC2)c2cc(CC)sc2n1. The summed E-state index contributed by atoms with van der Waals surface area (Å²) in [5, 5.41) is 4.48. The molecule has 102 valence electrons. The van der Waals surface area contributed by atoms with Crippen LogP contribution in [0.2, 0.25) is 0 Å². The van der Waals surface area contributed by atoms with Crippen LogP contribution < -0.4 is 10.2 Å². The van der Waals surface area contributed by atoms with E-state index in [9.17, 15) is 0 Å². The summed E-state index contributed by atoms with van der Waals surface area (Å²) >= 11 is 1.79. The fourth-order valence-corrected chi connectivity index (χ4v) is 3.50. The van der Waals surface area contributed by atoms with Crippen molar-refractivity contribution in [1.29, 1.82) is 0 Å². The molecule has 1 aliphatic rings. The Bertz CT molecular complexity index is 572. The predicted octanol–water partition coefficient (Wildman–Crippen LogP) is 3.29. The van der Waals surface area contributed by atoms with E-state index in [2.05, 4.69) is 35.1 Å². The number of aromatic nitrogens is 2. The van der Waals surface area contributed by atoms with E-state index in [4.69, 9.17) is 4.98 Å². The average molecular weight is 276 g/mol. The number of thiophene rings is 1. The summed E-state index contributed by atoms with van der Waals surface area (Å²) in [5.74, 6) is 1.89. The average Bonchev–Trinajstić information content (AvgIpc) is 3.07. The molecule has 2 aromatic rings. The Morgan fingerprint density at radius 3 is 2.74 bits per heavy atom. The number of rotatable bonds is 4. The van der Waals surface area contributed by atoms with E-state index in [1.807, 2.05) is 0 Å². The zero-order chi connectivity index (χ0) is 13.2. The van der Waals surface area contributed by atoms with E-state index in [1.54, 1.807) is 11.3 Å². The molecule has 0 atom stereocenters. The maximum atomic E-state index is 4.73. The molecular formula is C14H20N4S. The molecule has 0 radical (unpaired) electrons. The zero-order valence-corrected chi connectivity index (χ0v) is 12.4. The van der Waals surface area contributed by atoms with Crippen LogP contribution in [0.4, 0.5) is 11.8 Å². The van der Waals surface area contributed by atoms with Crippen LogP contribution >= 0.6 is 11.3 Å². The molecule has 0 bridgehead atoms. The molecule has 19 heavy (non-hydrogen) atoms. The third-order valence-corrected chi connectivity index (χ3v) is 4.69. The van der Waals surface area contributed by atoms with Crippen LogP contribution in [-0.2, 0) is 6.42 Å². The van der Waals surface area contributed by atoms with Gasteiger partial charge in [0.2, 0.25) is 5.95 Å². The molecule has 0 aliphatic carbocycles. The maximum Gasteiger partial charge on any atom is 0.226 e. The zero-order valence-electron chi connectivity index (χ0n) is 11.6. The quantitative estimate of drug-likeness (QED) is 0.930. The largest absolute Gasteiger partial charge is 0.356 e. The summed E-state index contributed by atoms with van der Waals surface area (Å²) in [5.41, 5.74) is 0. The fraction of sp³-hybridized carbons (Fsp3) is 0.571. The highest BCUT2D eigenvalue weighted by Crippen LogP contribution is 2.33. The second kappa shape index (κ2) is 5.33. The molecule has 0 aromatic carbocycles. The molecule has 1 saturated heterocycles. The molecule has 0 saturated carbocycles. The van der Waals surface area contributed by atoms with E-state index >= 15 is 0 Å². The lowest BCUT2D eigenvalue weighted by Crippen LogP contribution is -2.20.